The van der Waals surface area contributed by atoms with E-state index in [4.69, 9.17) is 23.1 Å². The Morgan fingerprint density at radius 1 is 0.631 bits per heavy atom. The van der Waals surface area contributed by atoms with Gasteiger partial charge in [-0.3, -0.25) is 67.9 Å². The van der Waals surface area contributed by atoms with Crippen molar-refractivity contribution in [1.29, 1.82) is 0 Å². The highest BCUT2D eigenvalue weighted by Crippen LogP contribution is 2.26. The fraction of sp³-hybridized carbons (Fsp3) is 0.405. The van der Waals surface area contributed by atoms with Crippen LogP contribution in [0.2, 0.25) is 5.02 Å². The van der Waals surface area contributed by atoms with Crippen molar-refractivity contribution < 1.29 is 72.2 Å². The van der Waals surface area contributed by atoms with Gasteiger partial charge in [0, 0.05) is 80.4 Å². The maximum absolute atomic E-state index is 16.1. The van der Waals surface area contributed by atoms with Crippen LogP contribution in [0.5, 0.6) is 0 Å². The normalized spacial score (nSPS) is 16.2. The number of primary amides is 1. The van der Waals surface area contributed by atoms with Gasteiger partial charge < -0.3 is 79.4 Å². The second-order valence-electron chi connectivity index (χ2n) is 28.4. The van der Waals surface area contributed by atoms with Crippen molar-refractivity contribution in [2.45, 2.75) is 178 Å². The predicted molar refractivity (Wildman–Crippen MR) is 413 cm³/mol. The number of rotatable bonds is 38. The van der Waals surface area contributed by atoms with Crippen molar-refractivity contribution in [1.82, 2.24) is 62.6 Å². The van der Waals surface area contributed by atoms with E-state index in [1.807, 2.05) is 56.3 Å². The number of aldehydes is 1. The largest absolute Gasteiger partial charge is 0.394 e. The molecule has 32 heteroatoms. The van der Waals surface area contributed by atoms with Crippen LogP contribution in [0.25, 0.3) is 10.8 Å². The van der Waals surface area contributed by atoms with Gasteiger partial charge >= 0.3 is 12.1 Å². The third-order valence-electron chi connectivity index (χ3n) is 18.7. The summed E-state index contributed by atoms with van der Waals surface area (Å²) in [4.78, 5) is 203. The summed E-state index contributed by atoms with van der Waals surface area (Å²) >= 11 is 6.27. The van der Waals surface area contributed by atoms with E-state index in [1.54, 1.807) is 50.2 Å². The maximum atomic E-state index is 16.1. The van der Waals surface area contributed by atoms with Crippen LogP contribution in [0.15, 0.2) is 140 Å². The number of imide groups is 2. The van der Waals surface area contributed by atoms with E-state index in [-0.39, 0.29) is 80.4 Å². The van der Waals surface area contributed by atoms with Crippen molar-refractivity contribution in [2.75, 3.05) is 30.3 Å². The summed E-state index contributed by atoms with van der Waals surface area (Å²) in [5.74, 6) is -10.0. The smallest absolute Gasteiger partial charge is 0.322 e. The number of halogens is 1. The molecule has 0 aliphatic carbocycles. The Balaban J connectivity index is 1.15. The molecule has 16 N–H and O–H groups in total. The minimum absolute atomic E-state index is 0.00579. The Bertz CT molecular complexity index is 4290. The summed E-state index contributed by atoms with van der Waals surface area (Å²) in [5.41, 5.74) is 14.7. The van der Waals surface area contributed by atoms with E-state index in [0.717, 1.165) is 15.7 Å². The first-order chi connectivity index (χ1) is 53.0. The molecule has 10 atom stereocenters. The Morgan fingerprint density at radius 3 is 1.69 bits per heavy atom. The minimum atomic E-state index is -1.94. The fourth-order valence-electron chi connectivity index (χ4n) is 13.1. The molecule has 2 aliphatic heterocycles. The van der Waals surface area contributed by atoms with Gasteiger partial charge in [0.2, 0.25) is 59.1 Å². The molecule has 31 nitrogen and oxygen atoms in total. The summed E-state index contributed by atoms with van der Waals surface area (Å²) in [7, 11) is 0. The quantitative estimate of drug-likeness (QED) is 0.0196. The number of fused-ring (bicyclic) bond motifs is 1. The van der Waals surface area contributed by atoms with Gasteiger partial charge in [0.25, 0.3) is 5.91 Å². The topological polar surface area (TPSA) is 463 Å². The average molecular weight is 1550 g/mol. The van der Waals surface area contributed by atoms with Crippen LogP contribution in [-0.2, 0) is 89.6 Å². The summed E-state index contributed by atoms with van der Waals surface area (Å²) in [5, 5.41) is 42.2. The van der Waals surface area contributed by atoms with Crippen molar-refractivity contribution in [3.05, 3.63) is 173 Å². The van der Waals surface area contributed by atoms with Crippen LogP contribution in [0.1, 0.15) is 107 Å². The molecule has 6 aromatic rings. The number of nitrogens with two attached hydrogens (primary N) is 2. The number of carbonyl (C=O) groups excluding carboxylic acids is 14. The zero-order chi connectivity index (χ0) is 80.4. The van der Waals surface area contributed by atoms with Crippen molar-refractivity contribution in [2.24, 2.45) is 17.4 Å². The van der Waals surface area contributed by atoms with E-state index in [0.29, 0.717) is 59.4 Å². The Kier molecular flexibility index (Phi) is 31.7. The lowest BCUT2D eigenvalue weighted by Crippen LogP contribution is -2.63. The molecule has 590 valence electrons. The molecule has 15 amide bonds. The number of benzene rings is 5. The lowest BCUT2D eigenvalue weighted by molar-refractivity contribution is -0.158. The third kappa shape index (κ3) is 25.8. The molecule has 111 heavy (non-hydrogen) atoms. The number of hydrogen-bond donors (Lipinski definition) is 14. The third-order valence-corrected chi connectivity index (χ3v) is 18.9. The van der Waals surface area contributed by atoms with Crippen LogP contribution >= 0.6 is 11.6 Å². The number of amides is 15. The molecule has 0 radical (unpaired) electrons. The van der Waals surface area contributed by atoms with Gasteiger partial charge in [0.1, 0.15) is 54.6 Å². The van der Waals surface area contributed by atoms with Gasteiger partial charge in [-0.05, 0) is 132 Å². The van der Waals surface area contributed by atoms with Gasteiger partial charge in [-0.2, -0.15) is 0 Å². The zero-order valence-electron chi connectivity index (χ0n) is 62.4. The highest BCUT2D eigenvalue weighted by atomic mass is 35.5. The standard InChI is InChI=1S/C79H97ClN16O15/c1-45(2)34-59(81)75(107)96(67(16-8-9-32-84-46(3)4)77(109)95-33-11-15-58(95)43-97)76(108)65(38-50-22-29-57(30-23-50)87-78(82)110)91-72(104)62(37-49-20-27-56(28-21-49)86-69(101)64-41-68(100)94-79(111)93-64)90-74(106)66(44-98)92-73(105)63(40-52-12-10-31-83-42-52)89-71(103)61(36-48-18-25-55(80)26-19-48)88-70(102)60(85-47(5)99)39-51-17-24-53-13-6-7-14-54(53)35-51/h6-7,10,12-14,17-31,35,42-43,45-46,58-67,84,98H,8-9,11,15-16,32-34,36-41,44,81H2,1-5H3,(H,85,99)(H,86,101)(H,88,102)(H,89,103)(H,90,106)(H,91,104)(H,92,105)(H3,82,87,110)(H2,93,94,100,111)/t58-,59-,60+,61+,62-,63+,64-,65+,66-,67-/m0/s1. The molecular formula is C79H97ClN16O15. The number of carbonyl (C=O) groups is 14. The molecule has 8 rings (SSSR count). The van der Waals surface area contributed by atoms with Gasteiger partial charge in [-0.25, -0.2) is 9.59 Å². The fourth-order valence-corrected chi connectivity index (χ4v) is 13.2. The molecule has 2 saturated heterocycles. The first-order valence-corrected chi connectivity index (χ1v) is 37.2. The van der Waals surface area contributed by atoms with Crippen molar-refractivity contribution in [3.63, 3.8) is 0 Å². The van der Waals surface area contributed by atoms with Crippen LogP contribution in [0, 0.1) is 5.92 Å². The summed E-state index contributed by atoms with van der Waals surface area (Å²) in [6, 6.07) is 17.8. The molecular weight excluding hydrogens is 1450 g/mol. The second kappa shape index (κ2) is 41.3. The average Bonchev–Trinajstić information content (AvgIpc) is 1.75. The molecule has 0 spiro atoms. The first kappa shape index (κ1) is 85.1. The van der Waals surface area contributed by atoms with E-state index in [9.17, 15) is 38.7 Å². The lowest BCUT2D eigenvalue weighted by Gasteiger charge is -2.37. The van der Waals surface area contributed by atoms with Crippen molar-refractivity contribution >= 4 is 117 Å². The monoisotopic (exact) mass is 1540 g/mol. The van der Waals surface area contributed by atoms with Crippen LogP contribution in [0.3, 0.4) is 0 Å². The summed E-state index contributed by atoms with van der Waals surface area (Å²) in [6.45, 7) is 8.22. The number of aromatic nitrogens is 1. The van der Waals surface area contributed by atoms with Crippen LogP contribution < -0.4 is 70.0 Å². The number of aliphatic hydroxyl groups is 1. The number of anilines is 2. The van der Waals surface area contributed by atoms with Gasteiger partial charge in [-0.15, -0.1) is 0 Å². The van der Waals surface area contributed by atoms with E-state index in [2.05, 4.69) is 63.5 Å². The Morgan fingerprint density at radius 2 is 1.15 bits per heavy atom. The predicted octanol–water partition coefficient (Wildman–Crippen LogP) is 2.81. The number of unbranched alkanes of at least 4 members (excludes halogenated alkanes) is 1. The van der Waals surface area contributed by atoms with Gasteiger partial charge in [0.15, 0.2) is 0 Å². The SMILES string of the molecule is CC(=O)N[C@H](Cc1ccc2ccccc2c1)C(=O)N[C@H](Cc1ccc(Cl)cc1)C(=O)N[C@H](Cc1cccnc1)C(=O)N[C@@H](CO)C(=O)N[C@@H](Cc1ccc(NC(=O)[C@@H]2CC(=O)NC(=O)N2)cc1)C(=O)N[C@H](Cc1ccc(NC(N)=O)cc1)C(=O)N(C(=O)[C@@H](N)CC(C)C)[C@@H](CCCCNC(C)C)C(=O)N1CCC[C@H]1C=O. The molecule has 2 aliphatic rings. The second-order valence-corrected chi connectivity index (χ2v) is 28.8. The van der Waals surface area contributed by atoms with Crippen LogP contribution in [-0.4, -0.2) is 189 Å². The molecule has 2 fully saturated rings. The zero-order valence-corrected chi connectivity index (χ0v) is 63.2. The Hall–Kier alpha value is -11.5. The highest BCUT2D eigenvalue weighted by Gasteiger charge is 2.45. The number of pyridine rings is 1. The molecule has 0 saturated carbocycles. The van der Waals surface area contributed by atoms with E-state index in [1.165, 1.54) is 72.7 Å². The number of aliphatic hydroxyl groups excluding tert-OH is 1. The highest BCUT2D eigenvalue weighted by molar-refractivity contribution is 6.30. The molecule has 0 unspecified atom stereocenters. The van der Waals surface area contributed by atoms with Gasteiger partial charge in [0.05, 0.1) is 25.1 Å². The number of urea groups is 2. The molecule has 3 heterocycles. The maximum Gasteiger partial charge on any atom is 0.322 e. The number of nitrogens with zero attached hydrogens (tertiary/aromatic N) is 3. The molecule has 5 aromatic carbocycles. The van der Waals surface area contributed by atoms with Crippen molar-refractivity contribution in [3.8, 4) is 0 Å². The summed E-state index contributed by atoms with van der Waals surface area (Å²) in [6.07, 6.45) is 3.22. The van der Waals surface area contributed by atoms with E-state index < -0.39 is 157 Å². The Labute approximate surface area is 647 Å². The van der Waals surface area contributed by atoms with Crippen LogP contribution in [0.4, 0.5) is 21.0 Å². The van der Waals surface area contributed by atoms with E-state index >= 15 is 33.6 Å². The summed E-state index contributed by atoms with van der Waals surface area (Å²) < 4.78 is 0. The minimum Gasteiger partial charge on any atom is -0.394 e. The van der Waals surface area contributed by atoms with Gasteiger partial charge in [-0.1, -0.05) is 124 Å². The lowest BCUT2D eigenvalue weighted by atomic mass is 9.97. The number of likely N-dealkylation sites (tertiary alicyclic amines) is 1. The number of nitrogens with one attached hydrogen (secondary N) is 11. The molecule has 1 aromatic heterocycles. The first-order valence-electron chi connectivity index (χ1n) is 36.8. The molecule has 0 bridgehead atoms. The number of hydrogen-bond acceptors (Lipinski definition) is 18.